The Morgan fingerprint density at radius 1 is 1.17 bits per heavy atom. The van der Waals surface area contributed by atoms with Gasteiger partial charge in [0, 0.05) is 16.3 Å². The maximum absolute atomic E-state index is 12.6. The van der Waals surface area contributed by atoms with E-state index in [9.17, 15) is 9.59 Å². The molecule has 0 spiro atoms. The number of ketones is 1. The van der Waals surface area contributed by atoms with Crippen LogP contribution in [0.25, 0.3) is 11.0 Å². The highest BCUT2D eigenvalue weighted by molar-refractivity contribution is 7.08. The van der Waals surface area contributed by atoms with E-state index < -0.39 is 5.97 Å². The van der Waals surface area contributed by atoms with Crippen molar-refractivity contribution < 1.29 is 14.3 Å². The summed E-state index contributed by atoms with van der Waals surface area (Å²) in [5, 5.41) is 3.32. The Labute approximate surface area is 137 Å². The molecule has 0 aliphatic heterocycles. The quantitative estimate of drug-likeness (QED) is 0.544. The third-order valence-corrected chi connectivity index (χ3v) is 4.66. The van der Waals surface area contributed by atoms with Gasteiger partial charge in [0.15, 0.2) is 5.78 Å². The van der Waals surface area contributed by atoms with Gasteiger partial charge in [-0.1, -0.05) is 0 Å². The molecule has 0 aliphatic carbocycles. The van der Waals surface area contributed by atoms with Crippen LogP contribution in [0.1, 0.15) is 31.8 Å². The Kier molecular flexibility index (Phi) is 4.00. The summed E-state index contributed by atoms with van der Waals surface area (Å²) >= 11 is 1.31. The Morgan fingerprint density at radius 3 is 2.61 bits per heavy atom. The number of aryl methyl sites for hydroxylation is 2. The lowest BCUT2D eigenvalue weighted by molar-refractivity contribution is 0.0597. The number of rotatable bonds is 4. The molecule has 6 heteroatoms. The highest BCUT2D eigenvalue weighted by Gasteiger charge is 2.19. The van der Waals surface area contributed by atoms with Crippen molar-refractivity contribution in [2.45, 2.75) is 20.4 Å². The average Bonchev–Trinajstić information content (AvgIpc) is 3.15. The van der Waals surface area contributed by atoms with Gasteiger partial charge >= 0.3 is 5.97 Å². The molecular weight excluding hydrogens is 312 g/mol. The first-order valence-electron chi connectivity index (χ1n) is 7.11. The lowest BCUT2D eigenvalue weighted by atomic mass is 10.1. The first-order valence-corrected chi connectivity index (χ1v) is 8.05. The Balaban J connectivity index is 1.94. The number of ether oxygens (including phenoxy) is 1. The number of benzene rings is 1. The van der Waals surface area contributed by atoms with E-state index in [4.69, 9.17) is 4.74 Å². The molecule has 0 amide bonds. The topological polar surface area (TPSA) is 61.2 Å². The van der Waals surface area contributed by atoms with Gasteiger partial charge in [-0.3, -0.25) is 4.79 Å². The number of Topliss-reactive ketones (excluding diaryl/α,β-unsaturated/α-hetero) is 1. The molecule has 118 valence electrons. The zero-order valence-electron chi connectivity index (χ0n) is 13.1. The zero-order valence-corrected chi connectivity index (χ0v) is 13.9. The van der Waals surface area contributed by atoms with Crippen molar-refractivity contribution in [3.63, 3.8) is 0 Å². The molecule has 0 N–H and O–H groups in total. The molecule has 0 fully saturated rings. The number of thiophene rings is 1. The van der Waals surface area contributed by atoms with Crippen LogP contribution in [-0.4, -0.2) is 28.4 Å². The number of fused-ring (bicyclic) bond motifs is 1. The molecule has 0 atom stereocenters. The Hall–Kier alpha value is -2.47. The molecule has 1 aromatic carbocycles. The van der Waals surface area contributed by atoms with Crippen LogP contribution >= 0.6 is 11.3 Å². The van der Waals surface area contributed by atoms with Gasteiger partial charge in [0.1, 0.15) is 0 Å². The van der Waals surface area contributed by atoms with Crippen LogP contribution in [0.3, 0.4) is 0 Å². The summed E-state index contributed by atoms with van der Waals surface area (Å²) in [6, 6.07) is 4.04. The first-order chi connectivity index (χ1) is 11.0. The summed E-state index contributed by atoms with van der Waals surface area (Å²) in [4.78, 5) is 28.6. The fourth-order valence-corrected chi connectivity index (χ4v) is 3.28. The molecule has 2 aromatic heterocycles. The van der Waals surface area contributed by atoms with Crippen molar-refractivity contribution in [3.05, 3.63) is 51.5 Å². The van der Waals surface area contributed by atoms with Crippen molar-refractivity contribution in [1.82, 2.24) is 9.55 Å². The molecule has 3 aromatic rings. The molecule has 5 nitrogen and oxygen atoms in total. The van der Waals surface area contributed by atoms with E-state index in [2.05, 4.69) is 4.98 Å². The maximum atomic E-state index is 12.6. The molecule has 0 bridgehead atoms. The first kappa shape index (κ1) is 15.4. The van der Waals surface area contributed by atoms with Crippen LogP contribution in [0.2, 0.25) is 0 Å². The second-order valence-electron chi connectivity index (χ2n) is 5.41. The van der Waals surface area contributed by atoms with Gasteiger partial charge in [-0.05, 0) is 37.1 Å². The summed E-state index contributed by atoms with van der Waals surface area (Å²) in [7, 11) is 1.31. The number of esters is 1. The summed E-state index contributed by atoms with van der Waals surface area (Å²) < 4.78 is 6.52. The van der Waals surface area contributed by atoms with Crippen LogP contribution in [0, 0.1) is 13.8 Å². The van der Waals surface area contributed by atoms with E-state index >= 15 is 0 Å². The van der Waals surface area contributed by atoms with Gasteiger partial charge in [-0.2, -0.15) is 11.3 Å². The number of aromatic nitrogens is 2. The minimum absolute atomic E-state index is 0.135. The van der Waals surface area contributed by atoms with Crippen molar-refractivity contribution in [2.24, 2.45) is 0 Å². The predicted molar refractivity (Wildman–Crippen MR) is 89.2 cm³/mol. The van der Waals surface area contributed by atoms with E-state index in [0.29, 0.717) is 11.1 Å². The lowest BCUT2D eigenvalue weighted by Gasteiger charge is -2.06. The molecule has 0 saturated carbocycles. The van der Waals surface area contributed by atoms with Crippen molar-refractivity contribution >= 4 is 34.1 Å². The van der Waals surface area contributed by atoms with E-state index in [1.165, 1.54) is 24.0 Å². The summed E-state index contributed by atoms with van der Waals surface area (Å²) in [5.41, 5.74) is 4.81. The number of nitrogens with zero attached hydrogens (tertiary/aromatic N) is 2. The number of carbonyl (C=O) groups excluding carboxylic acids is 2. The van der Waals surface area contributed by atoms with Gasteiger partial charge in [0.05, 0.1) is 36.6 Å². The third kappa shape index (κ3) is 2.77. The zero-order chi connectivity index (χ0) is 16.6. The predicted octanol–water partition coefficient (Wildman–Crippen LogP) is 3.38. The molecule has 3 rings (SSSR count). The molecule has 0 unspecified atom stereocenters. The fourth-order valence-electron chi connectivity index (χ4n) is 2.46. The van der Waals surface area contributed by atoms with Crippen LogP contribution in [0.15, 0.2) is 29.2 Å². The van der Waals surface area contributed by atoms with Gasteiger partial charge in [-0.25, -0.2) is 9.78 Å². The Morgan fingerprint density at radius 2 is 1.87 bits per heavy atom. The van der Waals surface area contributed by atoms with Crippen LogP contribution in [0.4, 0.5) is 0 Å². The number of hydrogen-bond acceptors (Lipinski definition) is 5. The fraction of sp³-hybridized carbons (Fsp3) is 0.235. The highest BCUT2D eigenvalue weighted by atomic mass is 32.1. The lowest BCUT2D eigenvalue weighted by Crippen LogP contribution is -2.13. The van der Waals surface area contributed by atoms with Crippen LogP contribution in [-0.2, 0) is 11.3 Å². The normalized spacial score (nSPS) is 10.9. The molecule has 0 saturated heterocycles. The minimum atomic E-state index is -0.489. The number of carbonyl (C=O) groups is 2. The molecule has 0 aliphatic rings. The summed E-state index contributed by atoms with van der Waals surface area (Å²) in [6.07, 6.45) is 1.66. The summed E-state index contributed by atoms with van der Waals surface area (Å²) in [6.45, 7) is 4.20. The third-order valence-electron chi connectivity index (χ3n) is 3.92. The van der Waals surface area contributed by atoms with Crippen molar-refractivity contribution in [2.75, 3.05) is 7.11 Å². The van der Waals surface area contributed by atoms with Gasteiger partial charge < -0.3 is 9.30 Å². The number of hydrogen-bond donors (Lipinski definition) is 0. The number of methoxy groups -OCH3 is 1. The van der Waals surface area contributed by atoms with Crippen molar-refractivity contribution in [1.29, 1.82) is 0 Å². The monoisotopic (exact) mass is 328 g/mol. The van der Waals surface area contributed by atoms with Crippen LogP contribution in [0.5, 0.6) is 0 Å². The van der Waals surface area contributed by atoms with Gasteiger partial charge in [-0.15, -0.1) is 0 Å². The van der Waals surface area contributed by atoms with Gasteiger partial charge in [0.25, 0.3) is 0 Å². The summed E-state index contributed by atoms with van der Waals surface area (Å²) in [5.74, 6) is -0.624. The molecule has 23 heavy (non-hydrogen) atoms. The Bertz CT molecular complexity index is 908. The highest BCUT2D eigenvalue weighted by Crippen LogP contribution is 2.21. The minimum Gasteiger partial charge on any atom is -0.465 e. The van der Waals surface area contributed by atoms with E-state index in [-0.39, 0.29) is 12.3 Å². The van der Waals surface area contributed by atoms with E-state index in [0.717, 1.165) is 16.6 Å². The molecule has 0 radical (unpaired) electrons. The second kappa shape index (κ2) is 5.96. The van der Waals surface area contributed by atoms with Crippen molar-refractivity contribution in [3.8, 4) is 0 Å². The van der Waals surface area contributed by atoms with Gasteiger partial charge in [0.2, 0.25) is 0 Å². The SMILES string of the molecule is COC(=O)c1cscc1C(=O)Cn1cnc2cc(C)c(C)cc21. The molecule has 2 heterocycles. The van der Waals surface area contributed by atoms with Crippen LogP contribution < -0.4 is 0 Å². The second-order valence-corrected chi connectivity index (χ2v) is 6.16. The average molecular weight is 328 g/mol. The number of imidazole rings is 1. The van der Waals surface area contributed by atoms with E-state index in [1.54, 1.807) is 17.1 Å². The maximum Gasteiger partial charge on any atom is 0.339 e. The standard InChI is InChI=1S/C17H16N2O3S/c1-10-4-14-15(5-11(10)2)19(9-18-14)6-16(20)12-7-23-8-13(12)17(21)22-3/h4-5,7-9H,6H2,1-3H3. The molecular formula is C17H16N2O3S. The van der Waals surface area contributed by atoms with E-state index in [1.807, 2.05) is 30.5 Å². The smallest absolute Gasteiger partial charge is 0.339 e. The largest absolute Gasteiger partial charge is 0.465 e.